The Bertz CT molecular complexity index is 1790. The largest absolute Gasteiger partial charge is 0.338 e. The summed E-state index contributed by atoms with van der Waals surface area (Å²) in [4.78, 5) is 58.6. The molecule has 0 bridgehead atoms. The van der Waals surface area contributed by atoms with Gasteiger partial charge in [-0.25, -0.2) is 4.79 Å². The number of rotatable bonds is 10. The molecule has 0 aliphatic carbocycles. The number of Topliss-reactive ketones (excluding diaryl/α,β-unsaturated/α-hetero) is 1. The van der Waals surface area contributed by atoms with Gasteiger partial charge in [-0.3, -0.25) is 14.4 Å². The number of carbonyl (C=O) groups is 4. The fourth-order valence-corrected chi connectivity index (χ4v) is 5.23. The summed E-state index contributed by atoms with van der Waals surface area (Å²) in [7, 11) is 0. The first-order valence-electron chi connectivity index (χ1n) is 13.4. The molecule has 10 heteroatoms. The van der Waals surface area contributed by atoms with E-state index in [0.29, 0.717) is 21.7 Å². The summed E-state index contributed by atoms with van der Waals surface area (Å²) >= 11 is 1.19. The Balaban J connectivity index is 1.79. The van der Waals surface area contributed by atoms with E-state index in [-0.39, 0.29) is 12.2 Å². The third-order valence-corrected chi connectivity index (χ3v) is 7.22. The van der Waals surface area contributed by atoms with Crippen LogP contribution in [-0.2, 0) is 24.1 Å². The fraction of sp³-hybridized carbons (Fsp3) is 0.182. The number of hydrogen-bond acceptors (Lipinski definition) is 8. The quantitative estimate of drug-likeness (QED) is 0.0656. The van der Waals surface area contributed by atoms with Crippen molar-refractivity contribution in [1.29, 1.82) is 0 Å². The van der Waals surface area contributed by atoms with E-state index < -0.39 is 23.9 Å². The predicted octanol–water partition coefficient (Wildman–Crippen LogP) is 6.73. The Morgan fingerprint density at radius 2 is 1.58 bits per heavy atom. The van der Waals surface area contributed by atoms with Crippen LogP contribution in [0, 0.1) is 0 Å². The summed E-state index contributed by atoms with van der Waals surface area (Å²) in [6.07, 6.45) is 0.134. The molecule has 220 valence electrons. The number of hydroxylamine groups is 2. The monoisotopic (exact) mass is 597 g/mol. The highest BCUT2D eigenvalue weighted by molar-refractivity contribution is 8.06. The molecule has 1 heterocycles. The SMILES string of the molecule is C=CSC(=C)C(=O)c1ccc(-n2c3ccccc3c3cc(C(CC(C)N(OC(C)=O)C(C)=O)=NOC(C)=O)ccc32)cc1. The number of hydrogen-bond donors (Lipinski definition) is 0. The summed E-state index contributed by atoms with van der Waals surface area (Å²) in [5.74, 6) is -1.84. The fourth-order valence-electron chi connectivity index (χ4n) is 4.80. The van der Waals surface area contributed by atoms with Crippen molar-refractivity contribution in [3.05, 3.63) is 101 Å². The first kappa shape index (κ1) is 31.0. The van der Waals surface area contributed by atoms with Crippen molar-refractivity contribution in [3.8, 4) is 5.69 Å². The number of allylic oxidation sites excluding steroid dienone is 1. The van der Waals surface area contributed by atoms with Crippen molar-refractivity contribution in [2.75, 3.05) is 0 Å². The summed E-state index contributed by atoms with van der Waals surface area (Å²) in [5, 5.41) is 8.53. The molecule has 0 spiro atoms. The molecule has 0 fully saturated rings. The highest BCUT2D eigenvalue weighted by atomic mass is 32.2. The molecule has 0 radical (unpaired) electrons. The number of thioether (sulfide) groups is 1. The maximum Gasteiger partial charge on any atom is 0.331 e. The van der Waals surface area contributed by atoms with Gasteiger partial charge in [0, 0.05) is 54.8 Å². The Morgan fingerprint density at radius 1 is 0.930 bits per heavy atom. The van der Waals surface area contributed by atoms with Crippen molar-refractivity contribution in [1.82, 2.24) is 9.63 Å². The van der Waals surface area contributed by atoms with Gasteiger partial charge in [0.15, 0.2) is 5.78 Å². The van der Waals surface area contributed by atoms with Crippen molar-refractivity contribution < 1.29 is 28.9 Å². The number of amides is 1. The Morgan fingerprint density at radius 3 is 2.21 bits per heavy atom. The standard InChI is InChI=1S/C33H31N3O6S/c1-7-43-21(3)33(40)25-12-15-27(16-13-25)35-31-11-9-8-10-28(31)29-19-26(14-17-32(29)35)30(34-41-23(5)38)18-20(2)36(22(4)37)42-24(6)39/h7-17,19-20H,1,3,18H2,2,4-6H3. The molecule has 4 rings (SSSR count). The van der Waals surface area contributed by atoms with Gasteiger partial charge in [0.05, 0.1) is 27.7 Å². The molecule has 0 saturated carbocycles. The Hall–Kier alpha value is -4.96. The van der Waals surface area contributed by atoms with Crippen LogP contribution < -0.4 is 0 Å². The molecule has 1 amide bonds. The summed E-state index contributed by atoms with van der Waals surface area (Å²) < 4.78 is 2.10. The lowest BCUT2D eigenvalue weighted by atomic mass is 10.0. The number of para-hydroxylation sites is 1. The molecule has 1 unspecified atom stereocenters. The van der Waals surface area contributed by atoms with Gasteiger partial charge in [-0.2, -0.15) is 5.06 Å². The van der Waals surface area contributed by atoms with Crippen LogP contribution in [0.15, 0.2) is 95.4 Å². The van der Waals surface area contributed by atoms with E-state index in [0.717, 1.165) is 32.6 Å². The molecule has 0 saturated heterocycles. The number of ketones is 1. The van der Waals surface area contributed by atoms with Crippen molar-refractivity contribution in [3.63, 3.8) is 0 Å². The number of carbonyl (C=O) groups excluding carboxylic acids is 4. The van der Waals surface area contributed by atoms with Crippen molar-refractivity contribution in [2.24, 2.45) is 5.16 Å². The van der Waals surface area contributed by atoms with Crippen LogP contribution in [0.1, 0.15) is 50.0 Å². The third-order valence-electron chi connectivity index (χ3n) is 6.58. The average Bonchev–Trinajstić information content (AvgIpc) is 3.31. The van der Waals surface area contributed by atoms with Crippen molar-refractivity contribution in [2.45, 2.75) is 40.2 Å². The summed E-state index contributed by atoms with van der Waals surface area (Å²) in [6, 6.07) is 20.4. The van der Waals surface area contributed by atoms with Crippen LogP contribution in [0.2, 0.25) is 0 Å². The van der Waals surface area contributed by atoms with Gasteiger partial charge in [0.2, 0.25) is 0 Å². The van der Waals surface area contributed by atoms with Gasteiger partial charge < -0.3 is 14.2 Å². The molecule has 0 aliphatic rings. The number of oxime groups is 1. The van der Waals surface area contributed by atoms with Crippen LogP contribution in [0.5, 0.6) is 0 Å². The van der Waals surface area contributed by atoms with Crippen LogP contribution in [0.3, 0.4) is 0 Å². The van der Waals surface area contributed by atoms with E-state index >= 15 is 0 Å². The highest BCUT2D eigenvalue weighted by Crippen LogP contribution is 2.33. The first-order valence-corrected chi connectivity index (χ1v) is 14.3. The average molecular weight is 598 g/mol. The minimum Gasteiger partial charge on any atom is -0.338 e. The second-order valence-corrected chi connectivity index (χ2v) is 10.8. The van der Waals surface area contributed by atoms with E-state index in [9.17, 15) is 19.2 Å². The van der Waals surface area contributed by atoms with Crippen LogP contribution in [0.4, 0.5) is 0 Å². The second-order valence-electron chi connectivity index (χ2n) is 9.77. The minimum atomic E-state index is -0.632. The van der Waals surface area contributed by atoms with Gasteiger partial charge in [0.25, 0.3) is 5.91 Å². The lowest BCUT2D eigenvalue weighted by molar-refractivity contribution is -0.202. The van der Waals surface area contributed by atoms with Gasteiger partial charge >= 0.3 is 11.9 Å². The van der Waals surface area contributed by atoms with E-state index in [1.807, 2.05) is 54.6 Å². The lowest BCUT2D eigenvalue weighted by Gasteiger charge is -2.26. The Labute approximate surface area is 253 Å². The molecule has 0 N–H and O–H groups in total. The molecule has 3 aromatic carbocycles. The van der Waals surface area contributed by atoms with E-state index in [2.05, 4.69) is 22.9 Å². The predicted molar refractivity (Wildman–Crippen MR) is 169 cm³/mol. The highest BCUT2D eigenvalue weighted by Gasteiger charge is 2.24. The number of fused-ring (bicyclic) bond motifs is 3. The van der Waals surface area contributed by atoms with E-state index in [4.69, 9.17) is 9.68 Å². The minimum absolute atomic E-state index is 0.134. The smallest absolute Gasteiger partial charge is 0.331 e. The normalized spacial score (nSPS) is 12.0. The first-order chi connectivity index (χ1) is 20.5. The van der Waals surface area contributed by atoms with Gasteiger partial charge in [-0.15, -0.1) is 0 Å². The second kappa shape index (κ2) is 13.3. The molecule has 4 aromatic rings. The summed E-state index contributed by atoms with van der Waals surface area (Å²) in [5.41, 5.74) is 4.29. The molecular formula is C33H31N3O6S. The number of nitrogens with zero attached hydrogens (tertiary/aromatic N) is 3. The molecule has 0 aliphatic heterocycles. The number of aromatic nitrogens is 1. The zero-order valence-corrected chi connectivity index (χ0v) is 25.1. The maximum atomic E-state index is 12.7. The molecule has 9 nitrogen and oxygen atoms in total. The van der Waals surface area contributed by atoms with Gasteiger partial charge in [0.1, 0.15) is 0 Å². The zero-order chi connectivity index (χ0) is 31.3. The number of benzene rings is 3. The van der Waals surface area contributed by atoms with Crippen LogP contribution >= 0.6 is 11.8 Å². The van der Waals surface area contributed by atoms with E-state index in [1.165, 1.54) is 32.5 Å². The molecule has 1 aromatic heterocycles. The van der Waals surface area contributed by atoms with E-state index in [1.54, 1.807) is 24.5 Å². The van der Waals surface area contributed by atoms with Crippen LogP contribution in [0.25, 0.3) is 27.5 Å². The summed E-state index contributed by atoms with van der Waals surface area (Å²) in [6.45, 7) is 12.9. The van der Waals surface area contributed by atoms with Gasteiger partial charge in [-0.1, -0.05) is 54.3 Å². The third kappa shape index (κ3) is 6.92. The molecule has 43 heavy (non-hydrogen) atoms. The van der Waals surface area contributed by atoms with Crippen LogP contribution in [-0.4, -0.2) is 45.0 Å². The van der Waals surface area contributed by atoms with Crippen molar-refractivity contribution >= 4 is 62.9 Å². The molecule has 1 atom stereocenters. The van der Waals surface area contributed by atoms with Gasteiger partial charge in [-0.05, 0) is 54.8 Å². The Kier molecular flexibility index (Phi) is 9.62. The maximum absolute atomic E-state index is 12.7. The topological polar surface area (TPSA) is 107 Å². The molecular weight excluding hydrogens is 566 g/mol. The lowest BCUT2D eigenvalue weighted by Crippen LogP contribution is -2.39. The zero-order valence-electron chi connectivity index (χ0n) is 24.3.